The molecule has 1 heterocycles. The number of ether oxygens (including phenoxy) is 2. The summed E-state index contributed by atoms with van der Waals surface area (Å²) in [5.41, 5.74) is 0.0565. The molecule has 0 spiro atoms. The van der Waals surface area contributed by atoms with Crippen molar-refractivity contribution in [2.75, 3.05) is 13.2 Å². The second-order valence-corrected chi connectivity index (χ2v) is 12.0. The average Bonchev–Trinajstić information content (AvgIpc) is 3.08. The summed E-state index contributed by atoms with van der Waals surface area (Å²) in [7, 11) is 0. The van der Waals surface area contributed by atoms with E-state index in [4.69, 9.17) is 9.47 Å². The van der Waals surface area contributed by atoms with Gasteiger partial charge in [0.1, 0.15) is 12.4 Å². The first-order chi connectivity index (χ1) is 13.7. The van der Waals surface area contributed by atoms with Gasteiger partial charge in [-0.25, -0.2) is 0 Å². The van der Waals surface area contributed by atoms with Gasteiger partial charge in [0.2, 0.25) is 0 Å². The van der Waals surface area contributed by atoms with Crippen molar-refractivity contribution in [3.63, 3.8) is 0 Å². The number of hydrogen-bond donors (Lipinski definition) is 0. The van der Waals surface area contributed by atoms with E-state index in [-0.39, 0.29) is 45.5 Å². The summed E-state index contributed by atoms with van der Waals surface area (Å²) in [6.45, 7) is 4.35. The van der Waals surface area contributed by atoms with E-state index in [0.29, 0.717) is 36.4 Å². The van der Waals surface area contributed by atoms with Crippen molar-refractivity contribution in [3.05, 3.63) is 0 Å². The van der Waals surface area contributed by atoms with E-state index in [0.717, 1.165) is 45.1 Å². The minimum Gasteiger partial charge on any atom is -0.458 e. The van der Waals surface area contributed by atoms with Crippen molar-refractivity contribution in [3.8, 4) is 0 Å². The zero-order valence-electron chi connectivity index (χ0n) is 17.4. The van der Waals surface area contributed by atoms with Crippen LogP contribution < -0.4 is 0 Å². The number of hydrogen-bond acceptors (Lipinski definition) is 5. The summed E-state index contributed by atoms with van der Waals surface area (Å²) in [5, 5.41) is 0. The van der Waals surface area contributed by atoms with Gasteiger partial charge in [0, 0.05) is 31.1 Å². The van der Waals surface area contributed by atoms with E-state index in [1.165, 1.54) is 6.92 Å². The molecule has 5 nitrogen and oxygen atoms in total. The molecule has 5 rings (SSSR count). The van der Waals surface area contributed by atoms with Crippen LogP contribution in [-0.2, 0) is 23.9 Å². The van der Waals surface area contributed by atoms with Gasteiger partial charge in [0.05, 0.1) is 17.0 Å². The number of carbonyl (C=O) groups excluding carboxylic acids is 3. The van der Waals surface area contributed by atoms with Gasteiger partial charge in [-0.15, -0.1) is 0 Å². The lowest BCUT2D eigenvalue weighted by atomic mass is 9.44. The molecule has 0 N–H and O–H groups in total. The van der Waals surface area contributed by atoms with Crippen molar-refractivity contribution in [1.29, 1.82) is 0 Å². The monoisotopic (exact) mass is 466 g/mol. The fourth-order valence-electron chi connectivity index (χ4n) is 8.34. The number of esters is 1. The molecule has 5 fully saturated rings. The third kappa shape index (κ3) is 2.63. The molecule has 160 valence electrons. The zero-order chi connectivity index (χ0) is 20.6. The predicted molar refractivity (Wildman–Crippen MR) is 109 cm³/mol. The van der Waals surface area contributed by atoms with E-state index in [1.807, 2.05) is 0 Å². The zero-order valence-corrected chi connectivity index (χ0v) is 19.0. The average molecular weight is 467 g/mol. The van der Waals surface area contributed by atoms with E-state index in [1.54, 1.807) is 0 Å². The summed E-state index contributed by atoms with van der Waals surface area (Å²) in [6.07, 6.45) is 7.44. The number of carbonyl (C=O) groups is 3. The molecular formula is C23H31BrO5. The largest absolute Gasteiger partial charge is 0.458 e. The first kappa shape index (κ1) is 20.2. The molecule has 3 unspecified atom stereocenters. The van der Waals surface area contributed by atoms with Crippen molar-refractivity contribution in [1.82, 2.24) is 0 Å². The first-order valence-corrected chi connectivity index (χ1v) is 12.0. The summed E-state index contributed by atoms with van der Waals surface area (Å²) in [5.74, 6) is 1.71. The Labute approximate surface area is 180 Å². The highest BCUT2D eigenvalue weighted by molar-refractivity contribution is 9.10. The van der Waals surface area contributed by atoms with E-state index < -0.39 is 0 Å². The van der Waals surface area contributed by atoms with Crippen LogP contribution in [0.5, 0.6) is 0 Å². The van der Waals surface area contributed by atoms with Crippen molar-refractivity contribution < 1.29 is 23.9 Å². The Bertz CT molecular complexity index is 766. The Kier molecular flexibility index (Phi) is 4.61. The second-order valence-electron chi connectivity index (χ2n) is 10.6. The van der Waals surface area contributed by atoms with Crippen LogP contribution >= 0.6 is 15.9 Å². The summed E-state index contributed by atoms with van der Waals surface area (Å²) in [4.78, 5) is 36.3. The summed E-state index contributed by atoms with van der Waals surface area (Å²) >= 11 is 4.07. The lowest BCUT2D eigenvalue weighted by Crippen LogP contribution is -2.63. The molecule has 2 bridgehead atoms. The molecular weight excluding hydrogens is 436 g/mol. The Morgan fingerprint density at radius 1 is 1.21 bits per heavy atom. The number of alkyl halides is 1. The highest BCUT2D eigenvalue weighted by atomic mass is 79.9. The molecule has 5 aliphatic rings. The van der Waals surface area contributed by atoms with Crippen LogP contribution in [0.25, 0.3) is 0 Å². The van der Waals surface area contributed by atoms with Crippen LogP contribution in [0.4, 0.5) is 0 Å². The SMILES string of the molecule is CC(=O)OCC(=O)[C@H]1CCC2C3C[C@@H]4OC[C@@]5(CCC(=O)C[C@]45Br)C3CC[C@@]21C. The quantitative estimate of drug-likeness (QED) is 0.466. The second kappa shape index (κ2) is 6.62. The van der Waals surface area contributed by atoms with Gasteiger partial charge >= 0.3 is 5.97 Å². The Balaban J connectivity index is 1.42. The highest BCUT2D eigenvalue weighted by Gasteiger charge is 2.72. The molecule has 4 aliphatic carbocycles. The molecule has 0 aromatic heterocycles. The normalized spacial score (nSPS) is 50.4. The van der Waals surface area contributed by atoms with Crippen LogP contribution in [0, 0.1) is 34.5 Å². The number of fused-ring (bicyclic) bond motifs is 3. The summed E-state index contributed by atoms with van der Waals surface area (Å²) in [6, 6.07) is 0. The molecule has 0 amide bonds. The van der Waals surface area contributed by atoms with Gasteiger partial charge in [-0.3, -0.25) is 14.4 Å². The maximum absolute atomic E-state index is 12.9. The minimum atomic E-state index is -0.387. The predicted octanol–water partition coefficient (Wildman–Crippen LogP) is 3.85. The first-order valence-electron chi connectivity index (χ1n) is 11.2. The number of rotatable bonds is 3. The minimum absolute atomic E-state index is 0.00698. The van der Waals surface area contributed by atoms with E-state index in [9.17, 15) is 14.4 Å². The third-order valence-corrected chi connectivity index (χ3v) is 11.2. The molecule has 1 saturated heterocycles. The number of halogens is 1. The van der Waals surface area contributed by atoms with Gasteiger partial charge in [0.15, 0.2) is 5.78 Å². The van der Waals surface area contributed by atoms with Crippen molar-refractivity contribution in [2.24, 2.45) is 34.5 Å². The van der Waals surface area contributed by atoms with Gasteiger partial charge in [-0.1, -0.05) is 22.9 Å². The standard InChI is InChI=1S/C23H31BrO5/c1-13(25)28-11-19(27)18-4-3-16-15-9-20-23(24)10-14(26)5-8-22(23,12-29-20)17(15)6-7-21(16,18)2/h15-18,20H,3-12H2,1-2H3/t15?,16?,17?,18-,20+,21+,22+,23+/m1/s1. The number of ketones is 2. The van der Waals surface area contributed by atoms with Crippen LogP contribution in [0.2, 0.25) is 0 Å². The highest BCUT2D eigenvalue weighted by Crippen LogP contribution is 2.72. The molecule has 1 aliphatic heterocycles. The number of Topliss-reactive ketones (excluding diaryl/α,β-unsaturated/α-hetero) is 2. The molecule has 4 saturated carbocycles. The Morgan fingerprint density at radius 2 is 2.00 bits per heavy atom. The fourth-order valence-corrected chi connectivity index (χ4v) is 9.58. The lowest BCUT2D eigenvalue weighted by molar-refractivity contribution is -0.150. The molecule has 6 heteroatoms. The molecule has 8 atom stereocenters. The fraction of sp³-hybridized carbons (Fsp3) is 0.870. The van der Waals surface area contributed by atoms with Crippen molar-refractivity contribution >= 4 is 33.5 Å². The molecule has 0 aromatic rings. The van der Waals surface area contributed by atoms with E-state index >= 15 is 0 Å². The Hall–Kier alpha value is -0.750. The third-order valence-electron chi connectivity index (χ3n) is 9.62. The lowest BCUT2D eigenvalue weighted by Gasteiger charge is -2.61. The maximum atomic E-state index is 12.9. The molecule has 29 heavy (non-hydrogen) atoms. The van der Waals surface area contributed by atoms with Crippen LogP contribution in [0.1, 0.15) is 65.2 Å². The summed E-state index contributed by atoms with van der Waals surface area (Å²) < 4.78 is 11.2. The van der Waals surface area contributed by atoms with Crippen LogP contribution in [0.15, 0.2) is 0 Å². The maximum Gasteiger partial charge on any atom is 0.303 e. The smallest absolute Gasteiger partial charge is 0.303 e. The van der Waals surface area contributed by atoms with Gasteiger partial charge in [-0.05, 0) is 61.7 Å². The Morgan fingerprint density at radius 3 is 2.76 bits per heavy atom. The topological polar surface area (TPSA) is 69.7 Å². The van der Waals surface area contributed by atoms with Crippen LogP contribution in [0.3, 0.4) is 0 Å². The molecule has 0 aromatic carbocycles. The van der Waals surface area contributed by atoms with Gasteiger partial charge in [-0.2, -0.15) is 0 Å². The molecule has 0 radical (unpaired) electrons. The van der Waals surface area contributed by atoms with Gasteiger partial charge < -0.3 is 9.47 Å². The van der Waals surface area contributed by atoms with Gasteiger partial charge in [0.25, 0.3) is 0 Å². The van der Waals surface area contributed by atoms with Crippen LogP contribution in [-0.4, -0.2) is 41.2 Å². The van der Waals surface area contributed by atoms with Crippen molar-refractivity contribution in [2.45, 2.75) is 75.6 Å². The van der Waals surface area contributed by atoms with E-state index in [2.05, 4.69) is 22.9 Å².